The van der Waals surface area contributed by atoms with E-state index in [4.69, 9.17) is 9.47 Å². The molecule has 0 aliphatic carbocycles. The number of halogens is 1. The van der Waals surface area contributed by atoms with Gasteiger partial charge in [0, 0.05) is 12.1 Å². The minimum absolute atomic E-state index is 0.0336. The molecule has 0 saturated carbocycles. The van der Waals surface area contributed by atoms with E-state index >= 15 is 0 Å². The lowest BCUT2D eigenvalue weighted by Crippen LogP contribution is -2.38. The van der Waals surface area contributed by atoms with Crippen molar-refractivity contribution < 1.29 is 18.7 Å². The summed E-state index contributed by atoms with van der Waals surface area (Å²) in [6.45, 7) is 2.40. The van der Waals surface area contributed by atoms with Crippen molar-refractivity contribution in [1.82, 2.24) is 4.90 Å². The van der Waals surface area contributed by atoms with Gasteiger partial charge in [-0.2, -0.15) is 0 Å². The van der Waals surface area contributed by atoms with Crippen molar-refractivity contribution in [2.75, 3.05) is 26.4 Å². The van der Waals surface area contributed by atoms with Crippen LogP contribution in [-0.4, -0.2) is 37.1 Å². The average molecular weight is 341 g/mol. The number of benzene rings is 2. The molecule has 25 heavy (non-hydrogen) atoms. The lowest BCUT2D eigenvalue weighted by Gasteiger charge is -2.32. The summed E-state index contributed by atoms with van der Waals surface area (Å²) in [5.41, 5.74) is 1.79. The lowest BCUT2D eigenvalue weighted by atomic mass is 9.90. The average Bonchev–Trinajstić information content (AvgIpc) is 3.10. The van der Waals surface area contributed by atoms with Crippen LogP contribution in [0.25, 0.3) is 0 Å². The highest BCUT2D eigenvalue weighted by atomic mass is 19.1. The smallest absolute Gasteiger partial charge is 0.231 e. The first kappa shape index (κ1) is 16.1. The molecule has 0 aromatic heterocycles. The number of hydrogen-bond donors (Lipinski definition) is 0. The summed E-state index contributed by atoms with van der Waals surface area (Å²) in [7, 11) is 0. The van der Waals surface area contributed by atoms with Gasteiger partial charge in [-0.15, -0.1) is 0 Å². The second kappa shape index (κ2) is 6.84. The summed E-state index contributed by atoms with van der Waals surface area (Å²) in [6.07, 6.45) is 2.15. The first-order valence-corrected chi connectivity index (χ1v) is 8.60. The Balaban J connectivity index is 1.42. The third-order valence-corrected chi connectivity index (χ3v) is 4.91. The first-order valence-electron chi connectivity index (χ1n) is 8.60. The molecule has 1 fully saturated rings. The van der Waals surface area contributed by atoms with Crippen molar-refractivity contribution in [3.05, 3.63) is 59.4 Å². The van der Waals surface area contributed by atoms with E-state index in [1.165, 1.54) is 17.7 Å². The minimum atomic E-state index is -0.322. The Hall–Kier alpha value is -2.40. The summed E-state index contributed by atoms with van der Waals surface area (Å²) in [6, 6.07) is 11.9. The Kier molecular flexibility index (Phi) is 4.40. The number of carbonyl (C=O) groups excluding carboxylic acids is 1. The molecular weight excluding hydrogens is 321 g/mol. The van der Waals surface area contributed by atoms with Crippen LogP contribution in [-0.2, 0) is 0 Å². The van der Waals surface area contributed by atoms with Gasteiger partial charge in [0.05, 0.1) is 6.54 Å². The number of hydrogen-bond acceptors (Lipinski definition) is 4. The van der Waals surface area contributed by atoms with Gasteiger partial charge in [0.25, 0.3) is 0 Å². The van der Waals surface area contributed by atoms with Crippen LogP contribution < -0.4 is 9.47 Å². The molecule has 0 N–H and O–H groups in total. The molecule has 4 nitrogen and oxygen atoms in total. The Labute approximate surface area is 146 Å². The van der Waals surface area contributed by atoms with E-state index in [-0.39, 0.29) is 18.4 Å². The molecule has 0 spiro atoms. The Bertz CT molecular complexity index is 775. The van der Waals surface area contributed by atoms with Gasteiger partial charge in [-0.1, -0.05) is 6.07 Å². The number of ketones is 1. The quantitative estimate of drug-likeness (QED) is 0.796. The summed E-state index contributed by atoms with van der Waals surface area (Å²) in [5.74, 6) is 1.69. The fourth-order valence-electron chi connectivity index (χ4n) is 3.57. The highest BCUT2D eigenvalue weighted by molar-refractivity contribution is 5.97. The van der Waals surface area contributed by atoms with Crippen LogP contribution in [0.2, 0.25) is 0 Å². The lowest BCUT2D eigenvalue weighted by molar-refractivity contribution is 0.0906. The van der Waals surface area contributed by atoms with Gasteiger partial charge in [0.1, 0.15) is 5.82 Å². The van der Waals surface area contributed by atoms with Crippen LogP contribution in [0.15, 0.2) is 42.5 Å². The zero-order chi connectivity index (χ0) is 17.2. The predicted octanol–water partition coefficient (Wildman–Crippen LogP) is 3.62. The number of piperidine rings is 1. The Morgan fingerprint density at radius 2 is 1.92 bits per heavy atom. The van der Waals surface area contributed by atoms with Gasteiger partial charge in [-0.3, -0.25) is 9.69 Å². The Morgan fingerprint density at radius 1 is 1.12 bits per heavy atom. The molecule has 2 aliphatic rings. The van der Waals surface area contributed by atoms with E-state index in [9.17, 15) is 9.18 Å². The van der Waals surface area contributed by atoms with E-state index in [1.807, 2.05) is 6.07 Å². The number of ether oxygens (including phenoxy) is 2. The van der Waals surface area contributed by atoms with E-state index in [0.717, 1.165) is 37.4 Å². The van der Waals surface area contributed by atoms with Gasteiger partial charge in [0.15, 0.2) is 17.3 Å². The maximum absolute atomic E-state index is 13.0. The van der Waals surface area contributed by atoms with Crippen molar-refractivity contribution in [3.8, 4) is 11.5 Å². The zero-order valence-electron chi connectivity index (χ0n) is 13.9. The topological polar surface area (TPSA) is 38.8 Å². The highest BCUT2D eigenvalue weighted by Gasteiger charge is 2.25. The molecule has 1 unspecified atom stereocenters. The monoisotopic (exact) mass is 341 g/mol. The van der Waals surface area contributed by atoms with E-state index in [0.29, 0.717) is 18.0 Å². The molecule has 0 amide bonds. The van der Waals surface area contributed by atoms with Crippen LogP contribution in [0.1, 0.15) is 34.7 Å². The van der Waals surface area contributed by atoms with E-state index < -0.39 is 0 Å². The summed E-state index contributed by atoms with van der Waals surface area (Å²) in [4.78, 5) is 14.6. The van der Waals surface area contributed by atoms with Crippen LogP contribution in [0.5, 0.6) is 11.5 Å². The van der Waals surface area contributed by atoms with E-state index in [2.05, 4.69) is 17.0 Å². The molecule has 2 aromatic carbocycles. The number of Topliss-reactive ketones (excluding diaryl/α,β-unsaturated/α-hetero) is 1. The van der Waals surface area contributed by atoms with Crippen molar-refractivity contribution in [1.29, 1.82) is 0 Å². The molecule has 4 rings (SSSR count). The second-order valence-corrected chi connectivity index (χ2v) is 6.62. The van der Waals surface area contributed by atoms with Crippen molar-refractivity contribution in [2.45, 2.75) is 18.8 Å². The fourth-order valence-corrected chi connectivity index (χ4v) is 3.57. The van der Waals surface area contributed by atoms with Gasteiger partial charge < -0.3 is 9.47 Å². The molecule has 130 valence electrons. The zero-order valence-corrected chi connectivity index (χ0v) is 13.9. The van der Waals surface area contributed by atoms with Crippen molar-refractivity contribution in [3.63, 3.8) is 0 Å². The summed E-state index contributed by atoms with van der Waals surface area (Å²) in [5, 5.41) is 0. The van der Waals surface area contributed by atoms with Crippen LogP contribution in [0, 0.1) is 5.82 Å². The fraction of sp³-hybridized carbons (Fsp3) is 0.350. The number of fused-ring (bicyclic) bond motifs is 1. The first-order chi connectivity index (χ1) is 12.2. The summed E-state index contributed by atoms with van der Waals surface area (Å²) >= 11 is 0. The highest BCUT2D eigenvalue weighted by Crippen LogP contribution is 2.36. The molecule has 1 atom stereocenters. The molecule has 0 bridgehead atoms. The third-order valence-electron chi connectivity index (χ3n) is 4.91. The summed E-state index contributed by atoms with van der Waals surface area (Å²) < 4.78 is 23.8. The van der Waals surface area contributed by atoms with Crippen LogP contribution >= 0.6 is 0 Å². The van der Waals surface area contributed by atoms with Crippen molar-refractivity contribution in [2.24, 2.45) is 0 Å². The SMILES string of the molecule is O=C(CN1CCCC(c2ccc3c(c2)OCO3)C1)c1ccc(F)cc1. The molecular formula is C20H20FNO3. The van der Waals surface area contributed by atoms with Gasteiger partial charge in [0.2, 0.25) is 6.79 Å². The van der Waals surface area contributed by atoms with Crippen LogP contribution in [0.3, 0.4) is 0 Å². The normalized spacial score (nSPS) is 19.8. The molecule has 5 heteroatoms. The molecule has 0 radical (unpaired) electrons. The molecule has 2 aliphatic heterocycles. The van der Waals surface area contributed by atoms with Gasteiger partial charge in [-0.05, 0) is 67.3 Å². The second-order valence-electron chi connectivity index (χ2n) is 6.62. The molecule has 1 saturated heterocycles. The number of rotatable bonds is 4. The van der Waals surface area contributed by atoms with Gasteiger partial charge in [-0.25, -0.2) is 4.39 Å². The van der Waals surface area contributed by atoms with Crippen molar-refractivity contribution >= 4 is 5.78 Å². The number of carbonyl (C=O) groups is 1. The van der Waals surface area contributed by atoms with Crippen LogP contribution in [0.4, 0.5) is 4.39 Å². The van der Waals surface area contributed by atoms with E-state index in [1.54, 1.807) is 12.1 Å². The van der Waals surface area contributed by atoms with Gasteiger partial charge >= 0.3 is 0 Å². The third kappa shape index (κ3) is 3.51. The molecule has 2 aromatic rings. The number of likely N-dealkylation sites (tertiary alicyclic amines) is 1. The molecule has 2 heterocycles. The Morgan fingerprint density at radius 3 is 2.76 bits per heavy atom. The number of nitrogens with zero attached hydrogens (tertiary/aromatic N) is 1. The standard InChI is InChI=1S/C20H20FNO3/c21-17-6-3-14(4-7-17)18(23)12-22-9-1-2-16(11-22)15-5-8-19-20(10-15)25-13-24-19/h3-8,10,16H,1-2,9,11-13H2. The maximum Gasteiger partial charge on any atom is 0.231 e. The predicted molar refractivity (Wildman–Crippen MR) is 91.7 cm³/mol. The largest absolute Gasteiger partial charge is 0.454 e. The minimum Gasteiger partial charge on any atom is -0.454 e. The maximum atomic E-state index is 13.0.